The summed E-state index contributed by atoms with van der Waals surface area (Å²) < 4.78 is 26.4. The van der Waals surface area contributed by atoms with Crippen molar-refractivity contribution in [2.45, 2.75) is 46.5 Å². The van der Waals surface area contributed by atoms with Crippen LogP contribution in [0.15, 0.2) is 143 Å². The number of nitrogens with zero attached hydrogens (tertiary/aromatic N) is 1. The lowest BCUT2D eigenvalue weighted by Gasteiger charge is -2.31. The topological polar surface area (TPSA) is 239 Å². The van der Waals surface area contributed by atoms with Gasteiger partial charge in [-0.05, 0) is 63.5 Å². The minimum atomic E-state index is -0.953. The van der Waals surface area contributed by atoms with Crippen molar-refractivity contribution in [3.8, 4) is 0 Å². The van der Waals surface area contributed by atoms with Crippen LogP contribution in [0.3, 0.4) is 0 Å². The van der Waals surface area contributed by atoms with Crippen molar-refractivity contribution < 1.29 is 53.3 Å². The zero-order valence-electron chi connectivity index (χ0n) is 35.7. The molecule has 5 rings (SSSR count). The maximum atomic E-state index is 13.2. The number of dihydropyridines is 2. The molecule has 0 aromatic heterocycles. The van der Waals surface area contributed by atoms with Crippen LogP contribution in [0.2, 0.25) is 5.02 Å². The molecule has 0 radical (unpaired) electrons. The zero-order valence-corrected chi connectivity index (χ0v) is 36.5. The van der Waals surface area contributed by atoms with E-state index in [0.717, 1.165) is 5.56 Å². The van der Waals surface area contributed by atoms with E-state index < -0.39 is 40.6 Å². The number of nitrogens with two attached hydrogens (primary N) is 1. The van der Waals surface area contributed by atoms with E-state index in [4.69, 9.17) is 41.0 Å². The van der Waals surface area contributed by atoms with Gasteiger partial charge >= 0.3 is 23.9 Å². The van der Waals surface area contributed by atoms with Gasteiger partial charge in [0.05, 0.1) is 83.7 Å². The van der Waals surface area contributed by atoms with Crippen LogP contribution < -0.4 is 16.4 Å². The fraction of sp³-hybridized carbons (Fsp3) is 0.261. The van der Waals surface area contributed by atoms with Crippen LogP contribution in [-0.2, 0) is 42.9 Å². The Balaban J connectivity index is 0.000000336. The Bertz CT molecular complexity index is 2370. The first kappa shape index (κ1) is 50.5. The van der Waals surface area contributed by atoms with Crippen LogP contribution in [0, 0.1) is 10.1 Å². The second-order valence-corrected chi connectivity index (χ2v) is 14.2. The first-order valence-corrected chi connectivity index (χ1v) is 19.7. The maximum absolute atomic E-state index is 13.2. The Morgan fingerprint density at radius 1 is 0.841 bits per heavy atom. The van der Waals surface area contributed by atoms with E-state index in [2.05, 4.69) is 17.2 Å². The number of carbonyl (C=O) groups excluding carboxylic acids is 4. The van der Waals surface area contributed by atoms with E-state index in [1.165, 1.54) is 38.5 Å². The number of halogens is 1. The number of allylic oxidation sites excluding steroid dienone is 4. The monoisotopic (exact) mass is 886 g/mol. The van der Waals surface area contributed by atoms with Crippen molar-refractivity contribution in [3.63, 3.8) is 0 Å². The lowest BCUT2D eigenvalue weighted by atomic mass is 9.80. The van der Waals surface area contributed by atoms with Crippen LogP contribution in [0.4, 0.5) is 5.69 Å². The third kappa shape index (κ3) is 12.8. The molecule has 3 aromatic rings. The number of nitro benzene ring substituents is 1. The van der Waals surface area contributed by atoms with E-state index in [-0.39, 0.29) is 46.9 Å². The first-order valence-electron chi connectivity index (χ1n) is 19.4. The van der Waals surface area contributed by atoms with Crippen LogP contribution in [0.25, 0.3) is 6.08 Å². The largest absolute Gasteiger partial charge is 0.466 e. The van der Waals surface area contributed by atoms with Crippen molar-refractivity contribution in [3.05, 3.63) is 174 Å². The summed E-state index contributed by atoms with van der Waals surface area (Å²) in [4.78, 5) is 62.5. The van der Waals surface area contributed by atoms with Gasteiger partial charge in [-0.3, -0.25) is 10.1 Å². The summed E-state index contributed by atoms with van der Waals surface area (Å²) in [6.07, 6.45) is 2.89. The molecule has 0 saturated heterocycles. The molecule has 63 heavy (non-hydrogen) atoms. The molecule has 2 atom stereocenters. The number of methoxy groups -OCH3 is 1. The summed E-state index contributed by atoms with van der Waals surface area (Å²) in [5, 5.41) is 17.9. The molecule has 0 amide bonds. The van der Waals surface area contributed by atoms with Gasteiger partial charge in [0.1, 0.15) is 0 Å². The number of hydrogen-bond donors (Lipinski definition) is 3. The number of nitro groups is 1. The van der Waals surface area contributed by atoms with Gasteiger partial charge in [-0.25, -0.2) is 19.2 Å². The van der Waals surface area contributed by atoms with Crippen LogP contribution in [0.5, 0.6) is 0 Å². The van der Waals surface area contributed by atoms with Gasteiger partial charge in [0.15, 0.2) is 0 Å². The molecule has 2 heterocycles. The first-order chi connectivity index (χ1) is 29.6. The highest BCUT2D eigenvalue weighted by Crippen LogP contribution is 2.43. The fourth-order valence-electron chi connectivity index (χ4n) is 6.82. The molecule has 0 saturated carbocycles. The number of hydrogen-bond acceptors (Lipinski definition) is 14. The van der Waals surface area contributed by atoms with Crippen LogP contribution in [-0.4, -0.2) is 67.8 Å². The molecule has 16 nitrogen and oxygen atoms in total. The summed E-state index contributed by atoms with van der Waals surface area (Å²) in [7, 11) is 1.29. The summed E-state index contributed by atoms with van der Waals surface area (Å²) in [6, 6.07) is 22.1. The molecule has 0 spiro atoms. The predicted molar refractivity (Wildman–Crippen MR) is 236 cm³/mol. The lowest BCUT2D eigenvalue weighted by molar-refractivity contribution is -0.384. The van der Waals surface area contributed by atoms with Crippen molar-refractivity contribution in [1.82, 2.24) is 10.6 Å². The molecular formula is C46H51ClN4O12. The molecular weight excluding hydrogens is 836 g/mol. The fourth-order valence-corrected chi connectivity index (χ4v) is 7.06. The highest BCUT2D eigenvalue weighted by atomic mass is 35.5. The van der Waals surface area contributed by atoms with Gasteiger partial charge in [0.2, 0.25) is 0 Å². The Kier molecular flexibility index (Phi) is 19.2. The van der Waals surface area contributed by atoms with Gasteiger partial charge in [-0.2, -0.15) is 0 Å². The number of esters is 4. The summed E-state index contributed by atoms with van der Waals surface area (Å²) in [5.74, 6) is -4.07. The third-order valence-electron chi connectivity index (χ3n) is 9.39. The number of nitrogens with one attached hydrogen (secondary N) is 2. The van der Waals surface area contributed by atoms with Crippen molar-refractivity contribution in [2.24, 2.45) is 5.73 Å². The van der Waals surface area contributed by atoms with Crippen molar-refractivity contribution in [2.75, 3.05) is 33.5 Å². The minimum Gasteiger partial charge on any atom is -0.466 e. The number of ether oxygens (including phenoxy) is 5. The van der Waals surface area contributed by atoms with Crippen LogP contribution >= 0.6 is 11.6 Å². The van der Waals surface area contributed by atoms with E-state index in [1.807, 2.05) is 30.3 Å². The zero-order chi connectivity index (χ0) is 45.5. The standard InChI is InChI=1S/C26H24N2O6.C20H25ClN2O5.H2O/c1-16(2)34-26(30)23-18(4)27-17(3)22(24(23)20-11-8-12-21(15-20)28(31)32)25(29)33-14-13-19-9-6-5-7-10-19;1-4-28-20(25)18-15(11-27-10-9-22)23-12(2)16(19(24)26-3)17(18)13-7-5-6-8-14(13)21;/h5-15,24,27H,1H2,2-4H3;5-8,17,23H,4,9-11,22H2,1-3H3;1H2/b14-13+;;. The Hall–Kier alpha value is -6.85. The van der Waals surface area contributed by atoms with Gasteiger partial charge in [-0.15, -0.1) is 0 Å². The average Bonchev–Trinajstić information content (AvgIpc) is 3.23. The molecule has 0 bridgehead atoms. The molecule has 2 aliphatic rings. The number of carbonyl (C=O) groups is 4. The smallest absolute Gasteiger partial charge is 0.341 e. The quantitative estimate of drug-likeness (QED) is 0.0366. The van der Waals surface area contributed by atoms with E-state index in [1.54, 1.807) is 64.1 Å². The highest BCUT2D eigenvalue weighted by molar-refractivity contribution is 6.31. The average molecular weight is 887 g/mol. The molecule has 17 heteroatoms. The normalized spacial score (nSPS) is 15.9. The van der Waals surface area contributed by atoms with Crippen molar-refractivity contribution >= 4 is 47.2 Å². The molecule has 6 N–H and O–H groups in total. The Morgan fingerprint density at radius 2 is 1.46 bits per heavy atom. The molecule has 0 fully saturated rings. The van der Waals surface area contributed by atoms with E-state index >= 15 is 0 Å². The van der Waals surface area contributed by atoms with Gasteiger partial charge < -0.3 is 45.5 Å². The molecule has 3 aromatic carbocycles. The second kappa shape index (κ2) is 24.0. The number of rotatable bonds is 15. The lowest BCUT2D eigenvalue weighted by Crippen LogP contribution is -2.35. The highest BCUT2D eigenvalue weighted by Gasteiger charge is 2.40. The number of non-ortho nitro benzene ring substituents is 1. The summed E-state index contributed by atoms with van der Waals surface area (Å²) in [6.45, 7) is 12.9. The Labute approximate surface area is 370 Å². The SMILES string of the molecule is C=C(C)OC(=O)C1=C(C)NC(C)=C(C(=O)O/C=C/c2ccccc2)C1c1cccc([N+](=O)[O-])c1.CCOC(=O)C1=C(COCCN)NC(C)=C(C(=O)OC)C1c1ccccc1Cl.O. The summed E-state index contributed by atoms with van der Waals surface area (Å²) >= 11 is 6.42. The van der Waals surface area contributed by atoms with E-state index in [0.29, 0.717) is 57.7 Å². The second-order valence-electron chi connectivity index (χ2n) is 13.8. The van der Waals surface area contributed by atoms with Gasteiger partial charge in [0, 0.05) is 40.8 Å². The van der Waals surface area contributed by atoms with Gasteiger partial charge in [-0.1, -0.05) is 78.8 Å². The molecule has 2 aliphatic heterocycles. The summed E-state index contributed by atoms with van der Waals surface area (Å²) in [5.41, 5.74) is 9.92. The molecule has 334 valence electrons. The minimum absolute atomic E-state index is 0. The van der Waals surface area contributed by atoms with Crippen LogP contribution in [0.1, 0.15) is 63.1 Å². The Morgan fingerprint density at radius 3 is 2.06 bits per heavy atom. The molecule has 2 unspecified atom stereocenters. The number of benzene rings is 3. The van der Waals surface area contributed by atoms with Gasteiger partial charge in [0.25, 0.3) is 5.69 Å². The maximum Gasteiger partial charge on any atom is 0.341 e. The third-order valence-corrected chi connectivity index (χ3v) is 9.73. The molecule has 0 aliphatic carbocycles. The van der Waals surface area contributed by atoms with Crippen molar-refractivity contribution in [1.29, 1.82) is 0 Å². The van der Waals surface area contributed by atoms with E-state index in [9.17, 15) is 29.3 Å². The predicted octanol–water partition coefficient (Wildman–Crippen LogP) is 6.56.